The zero-order chi connectivity index (χ0) is 20.0. The zero-order valence-electron chi connectivity index (χ0n) is 13.9. The Hall–Kier alpha value is -3.11. The molecule has 138 valence electrons. The summed E-state index contributed by atoms with van der Waals surface area (Å²) in [5, 5.41) is 8.75. The molecule has 0 spiro atoms. The maximum Gasteiger partial charge on any atom is 0.310 e. The number of benzene rings is 1. The molecule has 0 amide bonds. The van der Waals surface area contributed by atoms with Crippen molar-refractivity contribution in [3.05, 3.63) is 52.9 Å². The summed E-state index contributed by atoms with van der Waals surface area (Å²) in [7, 11) is -3.44. The average molecular weight is 392 g/mol. The number of fused-ring (bicyclic) bond motifs is 1. The number of rotatable bonds is 2. The highest BCUT2D eigenvalue weighted by atomic mass is 32.2. The second-order valence-electron chi connectivity index (χ2n) is 5.96. The van der Waals surface area contributed by atoms with Gasteiger partial charge in [0.2, 0.25) is 17.7 Å². The van der Waals surface area contributed by atoms with Crippen molar-refractivity contribution in [1.29, 1.82) is 5.26 Å². The largest absolute Gasteiger partial charge is 0.320 e. The lowest BCUT2D eigenvalue weighted by molar-refractivity contribution is 0.00142. The molecule has 0 bridgehead atoms. The van der Waals surface area contributed by atoms with E-state index < -0.39 is 39.2 Å². The molecule has 1 aliphatic carbocycles. The first-order valence-electron chi connectivity index (χ1n) is 7.57. The van der Waals surface area contributed by atoms with Crippen molar-refractivity contribution >= 4 is 21.2 Å². The smallest absolute Gasteiger partial charge is 0.310 e. The van der Waals surface area contributed by atoms with Gasteiger partial charge in [0.1, 0.15) is 5.82 Å². The molecule has 0 saturated heterocycles. The van der Waals surface area contributed by atoms with Crippen LogP contribution in [-0.4, -0.2) is 26.7 Å². The Morgan fingerprint density at radius 3 is 2.78 bits per heavy atom. The number of nitriles is 1. The van der Waals surface area contributed by atoms with Gasteiger partial charge in [0, 0.05) is 30.3 Å². The summed E-state index contributed by atoms with van der Waals surface area (Å²) in [6.07, 6.45) is 2.69. The highest BCUT2D eigenvalue weighted by molar-refractivity contribution is 7.93. The maximum absolute atomic E-state index is 14.0. The van der Waals surface area contributed by atoms with Crippen molar-refractivity contribution in [2.24, 2.45) is 4.36 Å². The molecule has 1 unspecified atom stereocenters. The summed E-state index contributed by atoms with van der Waals surface area (Å²) in [5.74, 6) is -5.87. The number of nitrogens with zero attached hydrogens (tertiary/aromatic N) is 4. The minimum absolute atomic E-state index is 0.158. The molecule has 1 aliphatic rings. The van der Waals surface area contributed by atoms with Crippen LogP contribution in [0.4, 0.5) is 18.9 Å². The molecule has 0 fully saturated rings. The maximum atomic E-state index is 14.0. The van der Waals surface area contributed by atoms with Gasteiger partial charge in [0.15, 0.2) is 0 Å². The third-order valence-electron chi connectivity index (χ3n) is 4.26. The molecule has 1 heterocycles. The topological polar surface area (TPSA) is 79.6 Å². The van der Waals surface area contributed by atoms with E-state index in [0.29, 0.717) is 0 Å². The third kappa shape index (κ3) is 2.98. The summed E-state index contributed by atoms with van der Waals surface area (Å²) in [6.45, 7) is 7.00. The number of ketones is 1. The predicted octanol–water partition coefficient (Wildman–Crippen LogP) is 3.87. The van der Waals surface area contributed by atoms with Gasteiger partial charge in [-0.25, -0.2) is 13.4 Å². The van der Waals surface area contributed by atoms with E-state index in [-0.39, 0.29) is 28.4 Å². The van der Waals surface area contributed by atoms with E-state index in [9.17, 15) is 22.2 Å². The predicted molar refractivity (Wildman–Crippen MR) is 90.0 cm³/mol. The number of aromatic nitrogens is 1. The summed E-state index contributed by atoms with van der Waals surface area (Å²) < 4.78 is 58.9. The number of hydrogen-bond donors (Lipinski definition) is 0. The normalized spacial score (nSPS) is 17.3. The Bertz CT molecular complexity index is 1180. The van der Waals surface area contributed by atoms with Gasteiger partial charge in [-0.2, -0.15) is 14.0 Å². The van der Waals surface area contributed by atoms with E-state index in [0.717, 1.165) is 12.3 Å². The molecular formula is C17H11F3N4O2S. The quantitative estimate of drug-likeness (QED) is 0.575. The molecule has 6 nitrogen and oxygen atoms in total. The van der Waals surface area contributed by atoms with Gasteiger partial charge in [-0.05, 0) is 24.6 Å². The van der Waals surface area contributed by atoms with Gasteiger partial charge in [0.05, 0.1) is 26.8 Å². The van der Waals surface area contributed by atoms with Gasteiger partial charge < -0.3 is 4.57 Å². The first-order valence-corrected chi connectivity index (χ1v) is 9.49. The lowest BCUT2D eigenvalue weighted by Gasteiger charge is -2.22. The lowest BCUT2D eigenvalue weighted by Crippen LogP contribution is -2.35. The summed E-state index contributed by atoms with van der Waals surface area (Å²) >= 11 is 0. The van der Waals surface area contributed by atoms with Crippen LogP contribution < -0.4 is 0 Å². The van der Waals surface area contributed by atoms with Crippen LogP contribution in [0.15, 0.2) is 33.7 Å². The van der Waals surface area contributed by atoms with Gasteiger partial charge in [0.25, 0.3) is 0 Å². The van der Waals surface area contributed by atoms with Crippen LogP contribution in [0.1, 0.15) is 22.5 Å². The Morgan fingerprint density at radius 2 is 2.15 bits per heavy atom. The average Bonchev–Trinajstić information content (AvgIpc) is 3.00. The Morgan fingerprint density at radius 1 is 1.44 bits per heavy atom. The molecule has 0 saturated carbocycles. The minimum atomic E-state index is -3.62. The molecule has 1 aromatic carbocycles. The van der Waals surface area contributed by atoms with Crippen LogP contribution in [-0.2, 0) is 16.1 Å². The molecular weight excluding hydrogens is 381 g/mol. The van der Waals surface area contributed by atoms with Gasteiger partial charge >= 0.3 is 5.92 Å². The van der Waals surface area contributed by atoms with Crippen molar-refractivity contribution in [2.75, 3.05) is 6.26 Å². The minimum Gasteiger partial charge on any atom is -0.320 e. The summed E-state index contributed by atoms with van der Waals surface area (Å²) in [4.78, 5) is 15.1. The van der Waals surface area contributed by atoms with Crippen LogP contribution in [0, 0.1) is 23.8 Å². The second-order valence-corrected chi connectivity index (χ2v) is 8.19. The van der Waals surface area contributed by atoms with Crippen LogP contribution >= 0.6 is 0 Å². The Labute approximate surface area is 152 Å². The first-order chi connectivity index (χ1) is 12.6. The number of carbonyl (C=O) groups excluding carboxylic acids is 1. The van der Waals surface area contributed by atoms with Crippen molar-refractivity contribution < 1.29 is 22.2 Å². The molecule has 0 N–H and O–H groups in total. The first kappa shape index (κ1) is 18.7. The van der Waals surface area contributed by atoms with Crippen molar-refractivity contribution in [3.63, 3.8) is 0 Å². The van der Waals surface area contributed by atoms with Crippen LogP contribution in [0.3, 0.4) is 0 Å². The second kappa shape index (κ2) is 6.25. The van der Waals surface area contributed by atoms with Crippen LogP contribution in [0.25, 0.3) is 10.5 Å². The van der Waals surface area contributed by atoms with E-state index in [4.69, 9.17) is 11.8 Å². The van der Waals surface area contributed by atoms with Crippen LogP contribution in [0.5, 0.6) is 0 Å². The SMILES string of the molecule is [C-]#[N+]c1cc(-n2cc(S(C)(=O)=NC#N)c3c2CCC(F)(F)C3=O)ccc1F. The number of halogens is 3. The summed E-state index contributed by atoms with van der Waals surface area (Å²) in [5.41, 5.74) is -0.324. The van der Waals surface area contributed by atoms with Crippen LogP contribution in [0.2, 0.25) is 0 Å². The molecule has 0 aliphatic heterocycles. The fraction of sp³-hybridized carbons (Fsp3) is 0.235. The molecule has 1 aromatic heterocycles. The van der Waals surface area contributed by atoms with Crippen molar-refractivity contribution in [1.82, 2.24) is 4.57 Å². The molecule has 0 radical (unpaired) electrons. The van der Waals surface area contributed by atoms with E-state index in [1.54, 1.807) is 0 Å². The number of hydrogen-bond acceptors (Lipinski definition) is 4. The standard InChI is InChI=1S/C17H11F3N4O2S/c1-22-12-7-10(3-4-11(12)18)24-8-14(27(2,26)23-9-21)15-13(24)5-6-17(19,20)16(15)25/h3-4,7-8H,5-6H2,2H3. The molecule has 10 heteroatoms. The molecule has 3 rings (SSSR count). The molecule has 1 atom stereocenters. The number of alkyl halides is 2. The molecule has 27 heavy (non-hydrogen) atoms. The molecule has 2 aromatic rings. The number of Topliss-reactive ketones (excluding diaryl/α,β-unsaturated/α-hetero) is 1. The van der Waals surface area contributed by atoms with Gasteiger partial charge in [-0.3, -0.25) is 4.79 Å². The summed E-state index contributed by atoms with van der Waals surface area (Å²) in [6, 6.07) is 3.55. The van der Waals surface area contributed by atoms with E-state index in [2.05, 4.69) is 9.21 Å². The monoisotopic (exact) mass is 392 g/mol. The fourth-order valence-corrected chi connectivity index (χ4v) is 4.11. The van der Waals surface area contributed by atoms with E-state index in [1.165, 1.54) is 29.1 Å². The highest BCUT2D eigenvalue weighted by Crippen LogP contribution is 2.39. The third-order valence-corrected chi connectivity index (χ3v) is 5.81. The fourth-order valence-electron chi connectivity index (χ4n) is 2.96. The van der Waals surface area contributed by atoms with Crippen molar-refractivity contribution in [2.45, 2.75) is 23.7 Å². The Kier molecular flexibility index (Phi) is 4.32. The number of carbonyl (C=O) groups is 1. The van der Waals surface area contributed by atoms with Crippen molar-refractivity contribution in [3.8, 4) is 11.9 Å². The highest BCUT2D eigenvalue weighted by Gasteiger charge is 2.47. The van der Waals surface area contributed by atoms with E-state index in [1.807, 2.05) is 0 Å². The zero-order valence-corrected chi connectivity index (χ0v) is 14.7. The van der Waals surface area contributed by atoms with E-state index >= 15 is 0 Å². The van der Waals surface area contributed by atoms with Gasteiger partial charge in [-0.1, -0.05) is 0 Å². The van der Waals surface area contributed by atoms with Gasteiger partial charge in [-0.15, -0.1) is 4.36 Å². The Balaban J connectivity index is 2.36. The lowest BCUT2D eigenvalue weighted by atomic mass is 9.93.